The molecule has 184 valence electrons. The van der Waals surface area contributed by atoms with E-state index in [1.165, 1.54) is 0 Å². The Balaban J connectivity index is 1.86. The first-order chi connectivity index (χ1) is 16.8. The van der Waals surface area contributed by atoms with E-state index in [4.69, 9.17) is 5.73 Å². The molecule has 2 aliphatic carbocycles. The summed E-state index contributed by atoms with van der Waals surface area (Å²) in [6.07, 6.45) is 1.43. The third-order valence-corrected chi connectivity index (χ3v) is 7.41. The number of nitrogens with two attached hydrogens (primary N) is 1. The summed E-state index contributed by atoms with van der Waals surface area (Å²) in [6.45, 7) is 3.18. The monoisotopic (exact) mass is 492 g/mol. The fourth-order valence-corrected chi connectivity index (χ4v) is 5.57. The molecule has 0 saturated heterocycles. The van der Waals surface area contributed by atoms with E-state index in [9.17, 15) is 44.4 Å². The number of carbonyl (C=O) groups excluding carboxylic acids is 5. The van der Waals surface area contributed by atoms with Gasteiger partial charge in [-0.05, 0) is 42.3 Å². The van der Waals surface area contributed by atoms with Crippen LogP contribution in [0.25, 0.3) is 10.8 Å². The molecule has 0 unspecified atom stereocenters. The van der Waals surface area contributed by atoms with Gasteiger partial charge in [-0.15, -0.1) is 0 Å². The van der Waals surface area contributed by atoms with Crippen molar-refractivity contribution in [3.63, 3.8) is 0 Å². The maximum Gasteiger partial charge on any atom is 0.255 e. The lowest BCUT2D eigenvalue weighted by Crippen LogP contribution is -2.66. The van der Waals surface area contributed by atoms with Crippen molar-refractivity contribution in [3.8, 4) is 11.5 Å². The number of hydrogen-bond donors (Lipinski definition) is 5. The number of Topliss-reactive ketones (excluding diaryl/α,β-unsaturated/α-hetero) is 2. The zero-order chi connectivity index (χ0) is 26.4. The molecule has 5 rings (SSSR count). The number of fused-ring (bicyclic) bond motifs is 3. The molecule has 1 aliphatic heterocycles. The number of phenols is 2. The van der Waals surface area contributed by atoms with Crippen molar-refractivity contribution >= 4 is 40.1 Å². The molecule has 3 amide bonds. The zero-order valence-electron chi connectivity index (χ0n) is 19.0. The Hall–Kier alpha value is -4.51. The van der Waals surface area contributed by atoms with Crippen LogP contribution in [0.3, 0.4) is 0 Å². The van der Waals surface area contributed by atoms with Gasteiger partial charge >= 0.3 is 0 Å². The predicted octanol–water partition coefficient (Wildman–Crippen LogP) is 0.128. The molecule has 0 fully saturated rings. The molecule has 0 bridgehead atoms. The normalized spacial score (nSPS) is 25.6. The topological polar surface area (TPSA) is 196 Å². The van der Waals surface area contributed by atoms with E-state index in [2.05, 4.69) is 0 Å². The van der Waals surface area contributed by atoms with Gasteiger partial charge in [0.2, 0.25) is 5.78 Å². The lowest BCUT2D eigenvalue weighted by atomic mass is 9.61. The van der Waals surface area contributed by atoms with Gasteiger partial charge in [0.1, 0.15) is 28.9 Å². The summed E-state index contributed by atoms with van der Waals surface area (Å²) in [5, 5.41) is 44.6. The summed E-state index contributed by atoms with van der Waals surface area (Å²) in [5.41, 5.74) is 1.74. The second-order valence-corrected chi connectivity index (χ2v) is 9.16. The first kappa shape index (κ1) is 23.2. The Morgan fingerprint density at radius 1 is 1.03 bits per heavy atom. The van der Waals surface area contributed by atoms with Crippen molar-refractivity contribution in [1.29, 1.82) is 0 Å². The number of phenolic OH excluding ortho intramolecular Hbond substituents is 2. The van der Waals surface area contributed by atoms with Gasteiger partial charge in [-0.1, -0.05) is 12.1 Å². The second kappa shape index (κ2) is 7.25. The lowest BCUT2D eigenvalue weighted by Gasteiger charge is -2.47. The number of benzene rings is 2. The van der Waals surface area contributed by atoms with Crippen LogP contribution in [0.5, 0.6) is 11.5 Å². The third-order valence-electron chi connectivity index (χ3n) is 7.41. The van der Waals surface area contributed by atoms with Crippen LogP contribution in [0.15, 0.2) is 35.6 Å². The molecular weight excluding hydrogens is 472 g/mol. The van der Waals surface area contributed by atoms with Gasteiger partial charge in [-0.3, -0.25) is 28.9 Å². The minimum atomic E-state index is -2.99. The van der Waals surface area contributed by atoms with Gasteiger partial charge in [0, 0.05) is 18.1 Å². The molecule has 2 aromatic carbocycles. The van der Waals surface area contributed by atoms with Crippen molar-refractivity contribution in [2.75, 3.05) is 0 Å². The number of aliphatic hydroxyl groups is 2. The fourth-order valence-electron chi connectivity index (χ4n) is 5.57. The molecule has 11 nitrogen and oxygen atoms in total. The third kappa shape index (κ3) is 2.63. The Morgan fingerprint density at radius 3 is 2.22 bits per heavy atom. The van der Waals surface area contributed by atoms with Gasteiger partial charge < -0.3 is 26.2 Å². The summed E-state index contributed by atoms with van der Waals surface area (Å²) in [4.78, 5) is 64.8. The van der Waals surface area contributed by atoms with E-state index in [-0.39, 0.29) is 23.1 Å². The first-order valence-electron chi connectivity index (χ1n) is 10.9. The molecule has 2 aromatic rings. The Labute approximate surface area is 202 Å². The van der Waals surface area contributed by atoms with Crippen molar-refractivity contribution in [1.82, 2.24) is 4.90 Å². The van der Waals surface area contributed by atoms with Gasteiger partial charge in [-0.2, -0.15) is 0 Å². The van der Waals surface area contributed by atoms with Crippen LogP contribution in [0, 0.1) is 19.8 Å². The van der Waals surface area contributed by atoms with Gasteiger partial charge in [0.05, 0.1) is 10.9 Å². The van der Waals surface area contributed by atoms with Crippen molar-refractivity contribution in [3.05, 3.63) is 57.9 Å². The molecule has 0 saturated carbocycles. The predicted molar refractivity (Wildman–Crippen MR) is 122 cm³/mol. The Bertz CT molecular complexity index is 1530. The number of nitrogens with zero attached hydrogens (tertiary/aromatic N) is 1. The van der Waals surface area contributed by atoms with Crippen LogP contribution in [-0.2, 0) is 25.6 Å². The SMILES string of the molecule is Cc1ccc2c(C)c3c(c(O)c2c1O)C(=O)[C@]1(O)C(O)=C(C(N)=O)C(=O)[C@H](N2C(=O)C=CC2=O)[C@@H]1C3. The molecule has 3 atom stereocenters. The van der Waals surface area contributed by atoms with Crippen LogP contribution in [-0.4, -0.2) is 66.3 Å². The number of rotatable bonds is 2. The fraction of sp³-hybridized carbons (Fsp3) is 0.240. The quantitative estimate of drug-likeness (QED) is 0.286. The molecule has 0 aromatic heterocycles. The van der Waals surface area contributed by atoms with Crippen molar-refractivity contribution in [2.24, 2.45) is 11.7 Å². The average Bonchev–Trinajstić information content (AvgIpc) is 3.14. The second-order valence-electron chi connectivity index (χ2n) is 9.16. The Morgan fingerprint density at radius 2 is 1.64 bits per heavy atom. The minimum absolute atomic E-state index is 0.0576. The number of aromatic hydroxyl groups is 2. The number of aliphatic hydroxyl groups excluding tert-OH is 1. The summed E-state index contributed by atoms with van der Waals surface area (Å²) < 4.78 is 0. The smallest absolute Gasteiger partial charge is 0.255 e. The van der Waals surface area contributed by atoms with E-state index in [0.29, 0.717) is 21.4 Å². The highest BCUT2D eigenvalue weighted by Crippen LogP contribution is 2.51. The van der Waals surface area contributed by atoms with E-state index in [1.807, 2.05) is 0 Å². The summed E-state index contributed by atoms with van der Waals surface area (Å²) >= 11 is 0. The van der Waals surface area contributed by atoms with Gasteiger partial charge in [0.25, 0.3) is 17.7 Å². The molecule has 0 spiro atoms. The largest absolute Gasteiger partial charge is 0.508 e. The van der Waals surface area contributed by atoms with E-state index < -0.39 is 69.5 Å². The lowest BCUT2D eigenvalue weighted by molar-refractivity contribution is -0.151. The number of imide groups is 1. The molecule has 3 aliphatic rings. The molecule has 0 radical (unpaired) electrons. The van der Waals surface area contributed by atoms with E-state index in [1.54, 1.807) is 26.0 Å². The van der Waals surface area contributed by atoms with Crippen LogP contribution in [0.4, 0.5) is 0 Å². The minimum Gasteiger partial charge on any atom is -0.508 e. The number of primary amides is 1. The van der Waals surface area contributed by atoms with Crippen LogP contribution in [0.1, 0.15) is 27.0 Å². The maximum atomic E-state index is 13.8. The highest BCUT2D eigenvalue weighted by atomic mass is 16.3. The highest BCUT2D eigenvalue weighted by molar-refractivity contribution is 6.27. The summed E-state index contributed by atoms with van der Waals surface area (Å²) in [5.74, 6) is -9.68. The van der Waals surface area contributed by atoms with Crippen LogP contribution in [0.2, 0.25) is 0 Å². The molecule has 11 heteroatoms. The molecule has 1 heterocycles. The maximum absolute atomic E-state index is 13.8. The number of carbonyl (C=O) groups is 5. The highest BCUT2D eigenvalue weighted by Gasteiger charge is 2.64. The zero-order valence-corrected chi connectivity index (χ0v) is 19.0. The summed E-state index contributed by atoms with van der Waals surface area (Å²) in [7, 11) is 0. The van der Waals surface area contributed by atoms with Crippen LogP contribution < -0.4 is 5.73 Å². The standard InChI is InChI=1S/C25H20N2O9/c1-8-3-4-10-9(2)11-7-12-18(27-13(28)5-6-14(27)29)21(32)17(24(26)35)23(34)25(12,36)22(33)16(11)20(31)15(10)19(8)30/h3-6,12,18,30-31,34,36H,7H2,1-2H3,(H2,26,35)/t12-,18+,25-/m0/s1. The first-order valence-corrected chi connectivity index (χ1v) is 10.9. The average molecular weight is 492 g/mol. The van der Waals surface area contributed by atoms with Crippen LogP contribution >= 0.6 is 0 Å². The molecule has 6 N–H and O–H groups in total. The van der Waals surface area contributed by atoms with E-state index >= 15 is 0 Å². The van der Waals surface area contributed by atoms with Gasteiger partial charge in [-0.25, -0.2) is 0 Å². The van der Waals surface area contributed by atoms with Gasteiger partial charge in [0.15, 0.2) is 11.4 Å². The number of amides is 3. The summed E-state index contributed by atoms with van der Waals surface area (Å²) in [6, 6.07) is 1.38. The molecule has 36 heavy (non-hydrogen) atoms. The molecular formula is C25H20N2O9. The van der Waals surface area contributed by atoms with Crippen molar-refractivity contribution < 1.29 is 44.4 Å². The number of aryl methyl sites for hydroxylation is 2. The number of ketones is 2. The van der Waals surface area contributed by atoms with E-state index in [0.717, 1.165) is 12.2 Å². The van der Waals surface area contributed by atoms with Crippen molar-refractivity contribution in [2.45, 2.75) is 31.9 Å². The number of hydrogen-bond acceptors (Lipinski definition) is 9. The Kier molecular flexibility index (Phi) is 4.68.